The third kappa shape index (κ3) is 2.31. The van der Waals surface area contributed by atoms with Crippen LogP contribution in [-0.2, 0) is 5.75 Å². The minimum atomic E-state index is -0.176. The number of hydrogen-bond donors (Lipinski definition) is 0. The van der Waals surface area contributed by atoms with E-state index in [9.17, 15) is 4.39 Å². The fourth-order valence-electron chi connectivity index (χ4n) is 1.59. The largest absolute Gasteiger partial charge is 0.217 e. The lowest BCUT2D eigenvalue weighted by Crippen LogP contribution is -1.99. The van der Waals surface area contributed by atoms with E-state index < -0.39 is 0 Å². The van der Waals surface area contributed by atoms with Crippen molar-refractivity contribution >= 4 is 11.8 Å². The normalized spacial score (nSPS) is 15.1. The van der Waals surface area contributed by atoms with Gasteiger partial charge in [0.05, 0.1) is 6.04 Å². The highest BCUT2D eigenvalue weighted by molar-refractivity contribution is 7.98. The van der Waals surface area contributed by atoms with E-state index >= 15 is 0 Å². The Labute approximate surface area is 102 Å². The Kier molecular flexibility index (Phi) is 2.80. The van der Waals surface area contributed by atoms with Crippen LogP contribution in [0.4, 0.5) is 4.39 Å². The fourth-order valence-corrected chi connectivity index (χ4v) is 2.52. The molecule has 0 amide bonds. The maximum atomic E-state index is 13.4. The number of hydrogen-bond acceptors (Lipinski definition) is 4. The number of thioether (sulfide) groups is 1. The molecule has 88 valence electrons. The molecule has 1 saturated carbocycles. The predicted molar refractivity (Wildman–Crippen MR) is 62.0 cm³/mol. The SMILES string of the molecule is Fc1ccccc1CSc1nnnn1C1CC1. The summed E-state index contributed by atoms with van der Waals surface area (Å²) >= 11 is 1.48. The molecule has 0 unspecified atom stereocenters. The smallest absolute Gasteiger partial charge is 0.209 e. The van der Waals surface area contributed by atoms with Gasteiger partial charge in [-0.2, -0.15) is 0 Å². The van der Waals surface area contributed by atoms with Crippen LogP contribution in [-0.4, -0.2) is 20.2 Å². The number of benzene rings is 1. The van der Waals surface area contributed by atoms with Gasteiger partial charge in [0.25, 0.3) is 0 Å². The van der Waals surface area contributed by atoms with Crippen LogP contribution in [0.3, 0.4) is 0 Å². The third-order valence-electron chi connectivity index (χ3n) is 2.67. The summed E-state index contributed by atoms with van der Waals surface area (Å²) in [5.74, 6) is 0.380. The second kappa shape index (κ2) is 4.44. The number of tetrazole rings is 1. The molecule has 1 aromatic heterocycles. The first-order valence-corrected chi connectivity index (χ1v) is 6.47. The fraction of sp³-hybridized carbons (Fsp3) is 0.364. The van der Waals surface area contributed by atoms with Gasteiger partial charge in [0.1, 0.15) is 5.82 Å². The van der Waals surface area contributed by atoms with Gasteiger partial charge in [0, 0.05) is 5.75 Å². The van der Waals surface area contributed by atoms with Gasteiger partial charge in [-0.3, -0.25) is 0 Å². The summed E-state index contributed by atoms with van der Waals surface area (Å²) in [6, 6.07) is 7.24. The minimum absolute atomic E-state index is 0.176. The summed E-state index contributed by atoms with van der Waals surface area (Å²) in [4.78, 5) is 0. The predicted octanol–water partition coefficient (Wildman–Crippen LogP) is 2.44. The molecule has 0 atom stereocenters. The van der Waals surface area contributed by atoms with Crippen molar-refractivity contribution in [3.63, 3.8) is 0 Å². The highest BCUT2D eigenvalue weighted by atomic mass is 32.2. The molecule has 0 radical (unpaired) electrons. The molecule has 2 aromatic rings. The van der Waals surface area contributed by atoms with Crippen LogP contribution in [0.5, 0.6) is 0 Å². The molecule has 1 aromatic carbocycles. The summed E-state index contributed by atoms with van der Waals surface area (Å²) < 4.78 is 15.3. The van der Waals surface area contributed by atoms with E-state index in [-0.39, 0.29) is 5.82 Å². The monoisotopic (exact) mass is 250 g/mol. The average Bonchev–Trinajstić information content (AvgIpc) is 3.08. The van der Waals surface area contributed by atoms with Crippen LogP contribution >= 0.6 is 11.8 Å². The number of nitrogens with zero attached hydrogens (tertiary/aromatic N) is 4. The summed E-state index contributed by atoms with van der Waals surface area (Å²) in [5, 5.41) is 12.4. The van der Waals surface area contributed by atoms with Gasteiger partial charge in [-0.1, -0.05) is 30.0 Å². The van der Waals surface area contributed by atoms with Crippen molar-refractivity contribution in [2.24, 2.45) is 0 Å². The molecule has 1 heterocycles. The molecule has 4 nitrogen and oxygen atoms in total. The number of halogens is 1. The number of rotatable bonds is 4. The minimum Gasteiger partial charge on any atom is -0.217 e. The molecule has 0 aliphatic heterocycles. The van der Waals surface area contributed by atoms with Crippen LogP contribution in [0.25, 0.3) is 0 Å². The lowest BCUT2D eigenvalue weighted by atomic mass is 10.2. The summed E-state index contributed by atoms with van der Waals surface area (Å²) in [6.07, 6.45) is 2.27. The Hall–Kier alpha value is -1.43. The van der Waals surface area contributed by atoms with Crippen molar-refractivity contribution in [3.8, 4) is 0 Å². The van der Waals surface area contributed by atoms with Gasteiger partial charge in [0.2, 0.25) is 5.16 Å². The lowest BCUT2D eigenvalue weighted by Gasteiger charge is -2.03. The van der Waals surface area contributed by atoms with E-state index in [1.165, 1.54) is 17.8 Å². The zero-order valence-corrected chi connectivity index (χ0v) is 9.90. The molecule has 0 N–H and O–H groups in total. The lowest BCUT2D eigenvalue weighted by molar-refractivity contribution is 0.565. The van der Waals surface area contributed by atoms with Gasteiger partial charge in [-0.25, -0.2) is 9.07 Å². The first-order chi connectivity index (χ1) is 8.34. The molecule has 6 heteroatoms. The highest BCUT2D eigenvalue weighted by Crippen LogP contribution is 2.36. The van der Waals surface area contributed by atoms with Crippen LogP contribution in [0.1, 0.15) is 24.4 Å². The standard InChI is InChI=1S/C11H11FN4S/c12-10-4-2-1-3-8(10)7-17-11-13-14-15-16(11)9-5-6-9/h1-4,9H,5-7H2. The van der Waals surface area contributed by atoms with Gasteiger partial charge in [-0.15, -0.1) is 5.10 Å². The first-order valence-electron chi connectivity index (χ1n) is 5.48. The Morgan fingerprint density at radius 2 is 2.18 bits per heavy atom. The van der Waals surface area contributed by atoms with Gasteiger partial charge in [-0.05, 0) is 34.9 Å². The van der Waals surface area contributed by atoms with E-state index in [1.54, 1.807) is 12.1 Å². The molecule has 0 bridgehead atoms. The van der Waals surface area contributed by atoms with Crippen LogP contribution in [0.2, 0.25) is 0 Å². The quantitative estimate of drug-likeness (QED) is 0.782. The third-order valence-corrected chi connectivity index (χ3v) is 3.65. The number of aromatic nitrogens is 4. The van der Waals surface area contributed by atoms with E-state index in [0.717, 1.165) is 18.0 Å². The zero-order chi connectivity index (χ0) is 11.7. The van der Waals surface area contributed by atoms with Gasteiger partial charge >= 0.3 is 0 Å². The molecule has 0 spiro atoms. The van der Waals surface area contributed by atoms with Crippen molar-refractivity contribution in [3.05, 3.63) is 35.6 Å². The zero-order valence-electron chi connectivity index (χ0n) is 9.08. The average molecular weight is 250 g/mol. The molecular weight excluding hydrogens is 239 g/mol. The summed E-state index contributed by atoms with van der Waals surface area (Å²) in [5.41, 5.74) is 0.683. The topological polar surface area (TPSA) is 43.6 Å². The van der Waals surface area contributed by atoms with Crippen LogP contribution < -0.4 is 0 Å². The van der Waals surface area contributed by atoms with Gasteiger partial charge < -0.3 is 0 Å². The molecule has 0 saturated heterocycles. The van der Waals surface area contributed by atoms with E-state index in [2.05, 4.69) is 15.5 Å². The van der Waals surface area contributed by atoms with Gasteiger partial charge in [0.15, 0.2) is 0 Å². The molecule has 1 fully saturated rings. The highest BCUT2D eigenvalue weighted by Gasteiger charge is 2.27. The van der Waals surface area contributed by atoms with Crippen LogP contribution in [0, 0.1) is 5.82 Å². The summed E-state index contributed by atoms with van der Waals surface area (Å²) in [7, 11) is 0. The summed E-state index contributed by atoms with van der Waals surface area (Å²) in [6.45, 7) is 0. The Morgan fingerprint density at radius 1 is 1.35 bits per heavy atom. The van der Waals surface area contributed by atoms with Crippen LogP contribution in [0.15, 0.2) is 29.4 Å². The molecule has 17 heavy (non-hydrogen) atoms. The van der Waals surface area contributed by atoms with E-state index in [4.69, 9.17) is 0 Å². The van der Waals surface area contributed by atoms with Crippen molar-refractivity contribution in [2.45, 2.75) is 29.8 Å². The first kappa shape index (κ1) is 10.7. The maximum absolute atomic E-state index is 13.4. The maximum Gasteiger partial charge on any atom is 0.209 e. The van der Waals surface area contributed by atoms with Crippen molar-refractivity contribution in [2.75, 3.05) is 0 Å². The Morgan fingerprint density at radius 3 is 2.94 bits per heavy atom. The Balaban J connectivity index is 1.71. The van der Waals surface area contributed by atoms with E-state index in [1.807, 2.05) is 10.7 Å². The van der Waals surface area contributed by atoms with Crippen molar-refractivity contribution in [1.82, 2.24) is 20.2 Å². The Bertz CT molecular complexity index is 524. The molecule has 1 aliphatic carbocycles. The molecule has 3 rings (SSSR count). The van der Waals surface area contributed by atoms with E-state index in [0.29, 0.717) is 17.4 Å². The second-order valence-corrected chi connectivity index (χ2v) is 4.96. The van der Waals surface area contributed by atoms with Crippen molar-refractivity contribution in [1.29, 1.82) is 0 Å². The van der Waals surface area contributed by atoms with Crippen molar-refractivity contribution < 1.29 is 4.39 Å². The molecule has 1 aliphatic rings. The second-order valence-electron chi connectivity index (χ2n) is 4.02. The molecular formula is C11H11FN4S.